The van der Waals surface area contributed by atoms with Gasteiger partial charge in [-0.1, -0.05) is 0 Å². The van der Waals surface area contributed by atoms with E-state index >= 15 is 4.39 Å². The first kappa shape index (κ1) is 17.5. The number of benzene rings is 1. The van der Waals surface area contributed by atoms with Gasteiger partial charge in [-0.25, -0.2) is 18.9 Å². The smallest absolute Gasteiger partial charge is 0.156 e. The third-order valence-corrected chi connectivity index (χ3v) is 7.90. The van der Waals surface area contributed by atoms with Crippen LogP contribution in [0.3, 0.4) is 0 Å². The molecule has 3 aromatic heterocycles. The lowest BCUT2D eigenvalue weighted by Gasteiger charge is -2.47. The van der Waals surface area contributed by atoms with E-state index in [1.54, 1.807) is 21.9 Å². The molecule has 1 aromatic carbocycles. The van der Waals surface area contributed by atoms with Crippen molar-refractivity contribution in [3.63, 3.8) is 0 Å². The van der Waals surface area contributed by atoms with Crippen LogP contribution in [0.2, 0.25) is 0 Å². The molecule has 2 bridgehead atoms. The van der Waals surface area contributed by atoms with Gasteiger partial charge in [0.2, 0.25) is 0 Å². The molecule has 0 N–H and O–H groups in total. The Balaban J connectivity index is 1.47. The summed E-state index contributed by atoms with van der Waals surface area (Å²) in [5, 5.41) is 5.79. The fraction of sp³-hybridized carbons (Fsp3) is 0.409. The Bertz CT molecular complexity index is 1250. The first-order valence-corrected chi connectivity index (χ1v) is 11.0. The van der Waals surface area contributed by atoms with Gasteiger partial charge in [0, 0.05) is 11.0 Å². The van der Waals surface area contributed by atoms with E-state index in [0.717, 1.165) is 76.8 Å². The van der Waals surface area contributed by atoms with Gasteiger partial charge >= 0.3 is 0 Å². The van der Waals surface area contributed by atoms with Crippen molar-refractivity contribution in [2.75, 3.05) is 19.6 Å². The lowest BCUT2D eigenvalue weighted by atomic mass is 9.72. The largest absolute Gasteiger partial charge is 0.303 e. The van der Waals surface area contributed by atoms with Crippen molar-refractivity contribution >= 4 is 27.2 Å². The average molecular weight is 408 g/mol. The van der Waals surface area contributed by atoms with Crippen LogP contribution in [0.1, 0.15) is 35.5 Å². The maximum atomic E-state index is 15.1. The standard InChI is InChI=1S/C22H22FN5S/c1-13-9-17(26-28-12-14(2)24-20(13)28)15-10-16(23)19-18(11-15)29-21(25-19)22-3-6-27(7-4-22)8-5-22/h9-12H,3-8H2,1-2H3. The molecule has 0 unspecified atom stereocenters. The van der Waals surface area contributed by atoms with E-state index in [-0.39, 0.29) is 11.2 Å². The van der Waals surface area contributed by atoms with Gasteiger partial charge in [0.25, 0.3) is 0 Å². The minimum absolute atomic E-state index is 0.146. The van der Waals surface area contributed by atoms with Gasteiger partial charge in [0.1, 0.15) is 10.5 Å². The van der Waals surface area contributed by atoms with E-state index in [1.807, 2.05) is 32.2 Å². The van der Waals surface area contributed by atoms with Crippen molar-refractivity contribution in [3.8, 4) is 11.3 Å². The minimum atomic E-state index is -0.258. The zero-order valence-electron chi connectivity index (χ0n) is 16.6. The zero-order chi connectivity index (χ0) is 19.8. The number of halogens is 1. The third-order valence-electron chi connectivity index (χ3n) is 6.65. The van der Waals surface area contributed by atoms with Crippen LogP contribution in [0.25, 0.3) is 27.1 Å². The molecule has 6 heterocycles. The number of thiazole rings is 1. The van der Waals surface area contributed by atoms with Crippen molar-refractivity contribution in [1.82, 2.24) is 24.5 Å². The van der Waals surface area contributed by atoms with Crippen LogP contribution in [-0.4, -0.2) is 44.1 Å². The Kier molecular flexibility index (Phi) is 3.65. The predicted molar refractivity (Wildman–Crippen MR) is 113 cm³/mol. The second kappa shape index (κ2) is 6.06. The fourth-order valence-electron chi connectivity index (χ4n) is 4.90. The maximum absolute atomic E-state index is 15.1. The van der Waals surface area contributed by atoms with Crippen LogP contribution < -0.4 is 0 Å². The minimum Gasteiger partial charge on any atom is -0.303 e. The highest BCUT2D eigenvalue weighted by atomic mass is 32.1. The number of piperidine rings is 3. The van der Waals surface area contributed by atoms with Crippen LogP contribution in [-0.2, 0) is 5.41 Å². The Morgan fingerprint density at radius 2 is 1.79 bits per heavy atom. The van der Waals surface area contributed by atoms with Crippen LogP contribution in [0, 0.1) is 19.7 Å². The Morgan fingerprint density at radius 1 is 1.03 bits per heavy atom. The third kappa shape index (κ3) is 2.64. The monoisotopic (exact) mass is 407 g/mol. The zero-order valence-corrected chi connectivity index (χ0v) is 17.4. The van der Waals surface area contributed by atoms with Gasteiger partial charge in [0.05, 0.1) is 22.3 Å². The second-order valence-electron chi connectivity index (χ2n) is 8.56. The summed E-state index contributed by atoms with van der Waals surface area (Å²) in [6.45, 7) is 7.38. The molecule has 0 atom stereocenters. The maximum Gasteiger partial charge on any atom is 0.156 e. The van der Waals surface area contributed by atoms with Crippen molar-refractivity contribution < 1.29 is 4.39 Å². The molecule has 0 spiro atoms. The molecule has 29 heavy (non-hydrogen) atoms. The highest BCUT2D eigenvalue weighted by Gasteiger charge is 2.43. The number of hydrogen-bond donors (Lipinski definition) is 0. The van der Waals surface area contributed by atoms with Gasteiger partial charge < -0.3 is 4.90 Å². The van der Waals surface area contributed by atoms with Crippen LogP contribution in [0.4, 0.5) is 4.39 Å². The molecule has 7 rings (SSSR count). The molecule has 0 radical (unpaired) electrons. The quantitative estimate of drug-likeness (QED) is 0.491. The fourth-order valence-corrected chi connectivity index (χ4v) is 6.19. The molecule has 148 valence electrons. The van der Waals surface area contributed by atoms with Crippen molar-refractivity contribution in [2.24, 2.45) is 0 Å². The van der Waals surface area contributed by atoms with E-state index in [1.165, 1.54) is 0 Å². The topological polar surface area (TPSA) is 46.3 Å². The molecule has 0 aliphatic carbocycles. The molecule has 7 heteroatoms. The van der Waals surface area contributed by atoms with Gasteiger partial charge in [-0.15, -0.1) is 11.3 Å². The summed E-state index contributed by atoms with van der Waals surface area (Å²) >= 11 is 1.67. The normalized spacial score (nSPS) is 24.0. The van der Waals surface area contributed by atoms with E-state index in [2.05, 4.69) is 15.0 Å². The number of rotatable bonds is 2. The summed E-state index contributed by atoms with van der Waals surface area (Å²) in [7, 11) is 0. The molecule has 3 aliphatic heterocycles. The Hall–Kier alpha value is -2.38. The van der Waals surface area contributed by atoms with Gasteiger partial charge in [0.15, 0.2) is 11.5 Å². The van der Waals surface area contributed by atoms with Crippen LogP contribution >= 0.6 is 11.3 Å². The highest BCUT2D eigenvalue weighted by Crippen LogP contribution is 2.46. The van der Waals surface area contributed by atoms with Crippen molar-refractivity contribution in [3.05, 3.63) is 46.5 Å². The number of imidazole rings is 1. The van der Waals surface area contributed by atoms with E-state index in [0.29, 0.717) is 5.52 Å². The first-order valence-electron chi connectivity index (χ1n) is 10.2. The SMILES string of the molecule is Cc1cn2nc(-c3cc(F)c4nc(C56CCN(CC5)CC6)sc4c3)cc(C)c2n1. The molecule has 3 aliphatic rings. The summed E-state index contributed by atoms with van der Waals surface area (Å²) in [5.41, 5.74) is 4.99. The van der Waals surface area contributed by atoms with E-state index < -0.39 is 0 Å². The number of aromatic nitrogens is 4. The number of hydrogen-bond acceptors (Lipinski definition) is 5. The summed E-state index contributed by atoms with van der Waals surface area (Å²) in [6, 6.07) is 5.61. The molecule has 5 nitrogen and oxygen atoms in total. The first-order chi connectivity index (χ1) is 14.0. The lowest BCUT2D eigenvalue weighted by molar-refractivity contribution is 0.0817. The summed E-state index contributed by atoms with van der Waals surface area (Å²) < 4.78 is 17.8. The van der Waals surface area contributed by atoms with E-state index in [4.69, 9.17) is 4.98 Å². The Morgan fingerprint density at radius 3 is 2.55 bits per heavy atom. The van der Waals surface area contributed by atoms with Gasteiger partial charge in [-0.05, 0) is 76.5 Å². The van der Waals surface area contributed by atoms with Crippen LogP contribution in [0.15, 0.2) is 24.4 Å². The van der Waals surface area contributed by atoms with E-state index in [9.17, 15) is 0 Å². The number of fused-ring (bicyclic) bond motifs is 5. The molecular formula is C22H22FN5S. The molecule has 0 saturated carbocycles. The summed E-state index contributed by atoms with van der Waals surface area (Å²) in [5.74, 6) is -0.258. The number of aryl methyl sites for hydroxylation is 2. The summed E-state index contributed by atoms with van der Waals surface area (Å²) in [6.07, 6.45) is 5.32. The Labute approximate surface area is 172 Å². The second-order valence-corrected chi connectivity index (χ2v) is 9.59. The lowest BCUT2D eigenvalue weighted by Crippen LogP contribution is -2.50. The predicted octanol–water partition coefficient (Wildman–Crippen LogP) is 4.50. The summed E-state index contributed by atoms with van der Waals surface area (Å²) in [4.78, 5) is 11.8. The van der Waals surface area contributed by atoms with Gasteiger partial charge in [-0.3, -0.25) is 0 Å². The number of nitrogens with zero attached hydrogens (tertiary/aromatic N) is 5. The molecule has 3 fully saturated rings. The van der Waals surface area contributed by atoms with Crippen LogP contribution in [0.5, 0.6) is 0 Å². The van der Waals surface area contributed by atoms with Crippen molar-refractivity contribution in [1.29, 1.82) is 0 Å². The molecule has 0 amide bonds. The van der Waals surface area contributed by atoms with Gasteiger partial charge in [-0.2, -0.15) is 5.10 Å². The molecule has 4 aromatic rings. The molecular weight excluding hydrogens is 385 g/mol. The average Bonchev–Trinajstić information content (AvgIpc) is 3.33. The highest BCUT2D eigenvalue weighted by molar-refractivity contribution is 7.18. The van der Waals surface area contributed by atoms with Crippen molar-refractivity contribution in [2.45, 2.75) is 38.5 Å². The molecule has 3 saturated heterocycles.